The number of aromatic nitrogens is 2. The predicted molar refractivity (Wildman–Crippen MR) is 56.4 cm³/mol. The Kier molecular flexibility index (Phi) is 2.43. The standard InChI is InChI=1S/C8H12ClN5/c1-14-2-5(3-14)13-8-6(9)7(10)11-4-12-8/h4-5H,2-3H2,1H3,(H3,10,11,12,13). The maximum absolute atomic E-state index is 5.93. The summed E-state index contributed by atoms with van der Waals surface area (Å²) in [5.41, 5.74) is 5.55. The van der Waals surface area contributed by atoms with Crippen LogP contribution in [0.15, 0.2) is 6.33 Å². The molecule has 0 aliphatic carbocycles. The third-order valence-corrected chi connectivity index (χ3v) is 2.59. The van der Waals surface area contributed by atoms with Crippen LogP contribution in [0.3, 0.4) is 0 Å². The van der Waals surface area contributed by atoms with Crippen LogP contribution in [0.25, 0.3) is 0 Å². The number of nitrogens with one attached hydrogen (secondary N) is 1. The van der Waals surface area contributed by atoms with Gasteiger partial charge in [-0.2, -0.15) is 0 Å². The third-order valence-electron chi connectivity index (χ3n) is 2.22. The van der Waals surface area contributed by atoms with E-state index in [1.54, 1.807) is 0 Å². The summed E-state index contributed by atoms with van der Waals surface area (Å²) in [6.45, 7) is 2.00. The first-order chi connectivity index (χ1) is 6.66. The topological polar surface area (TPSA) is 67.1 Å². The van der Waals surface area contributed by atoms with Crippen LogP contribution in [0, 0.1) is 0 Å². The lowest BCUT2D eigenvalue weighted by Gasteiger charge is -2.36. The second kappa shape index (κ2) is 3.59. The smallest absolute Gasteiger partial charge is 0.150 e. The van der Waals surface area contributed by atoms with E-state index in [2.05, 4.69) is 27.2 Å². The van der Waals surface area contributed by atoms with Gasteiger partial charge in [0.15, 0.2) is 5.82 Å². The molecule has 6 heteroatoms. The summed E-state index contributed by atoms with van der Waals surface area (Å²) in [4.78, 5) is 10.0. The highest BCUT2D eigenvalue weighted by atomic mass is 35.5. The van der Waals surface area contributed by atoms with Crippen molar-refractivity contribution in [2.24, 2.45) is 0 Å². The van der Waals surface area contributed by atoms with Crippen molar-refractivity contribution in [3.63, 3.8) is 0 Å². The summed E-state index contributed by atoms with van der Waals surface area (Å²) >= 11 is 5.93. The molecule has 0 bridgehead atoms. The van der Waals surface area contributed by atoms with E-state index in [-0.39, 0.29) is 0 Å². The largest absolute Gasteiger partial charge is 0.382 e. The molecule has 0 spiro atoms. The van der Waals surface area contributed by atoms with Crippen molar-refractivity contribution in [2.45, 2.75) is 6.04 Å². The van der Waals surface area contributed by atoms with Crippen LogP contribution in [0.1, 0.15) is 0 Å². The van der Waals surface area contributed by atoms with Gasteiger partial charge in [-0.05, 0) is 7.05 Å². The Morgan fingerprint density at radius 1 is 1.57 bits per heavy atom. The lowest BCUT2D eigenvalue weighted by atomic mass is 10.1. The Balaban J connectivity index is 2.06. The number of hydrogen-bond donors (Lipinski definition) is 2. The van der Waals surface area contributed by atoms with E-state index in [1.807, 2.05) is 0 Å². The minimum absolute atomic E-state index is 0.317. The summed E-state index contributed by atoms with van der Waals surface area (Å²) < 4.78 is 0. The number of nitrogens with two attached hydrogens (primary N) is 1. The Hall–Kier alpha value is -1.07. The first kappa shape index (κ1) is 9.48. The van der Waals surface area contributed by atoms with Crippen molar-refractivity contribution >= 4 is 23.2 Å². The molecule has 0 atom stereocenters. The minimum atomic E-state index is 0.317. The highest BCUT2D eigenvalue weighted by Crippen LogP contribution is 2.24. The van der Waals surface area contributed by atoms with E-state index in [0.29, 0.717) is 22.7 Å². The van der Waals surface area contributed by atoms with Gasteiger partial charge in [-0.3, -0.25) is 0 Å². The van der Waals surface area contributed by atoms with Gasteiger partial charge in [0.05, 0.1) is 6.04 Å². The molecule has 2 rings (SSSR count). The molecule has 5 nitrogen and oxygen atoms in total. The van der Waals surface area contributed by atoms with E-state index in [0.717, 1.165) is 13.1 Å². The van der Waals surface area contributed by atoms with Crippen molar-refractivity contribution < 1.29 is 0 Å². The average Bonchev–Trinajstić information content (AvgIpc) is 2.10. The molecule has 14 heavy (non-hydrogen) atoms. The number of nitrogen functional groups attached to an aromatic ring is 1. The van der Waals surface area contributed by atoms with Crippen LogP contribution in [0.4, 0.5) is 11.6 Å². The lowest BCUT2D eigenvalue weighted by Crippen LogP contribution is -2.52. The normalized spacial score (nSPS) is 17.9. The molecule has 0 amide bonds. The SMILES string of the molecule is CN1CC(Nc2ncnc(N)c2Cl)C1. The highest BCUT2D eigenvalue weighted by molar-refractivity contribution is 6.35. The summed E-state index contributed by atoms with van der Waals surface area (Å²) in [5.74, 6) is 0.939. The molecule has 1 fully saturated rings. The monoisotopic (exact) mass is 213 g/mol. The van der Waals surface area contributed by atoms with Gasteiger partial charge in [-0.15, -0.1) is 0 Å². The van der Waals surface area contributed by atoms with E-state index >= 15 is 0 Å². The lowest BCUT2D eigenvalue weighted by molar-refractivity contribution is 0.205. The molecule has 1 aromatic rings. The fraction of sp³-hybridized carbons (Fsp3) is 0.500. The highest BCUT2D eigenvalue weighted by Gasteiger charge is 2.24. The van der Waals surface area contributed by atoms with Gasteiger partial charge in [0, 0.05) is 13.1 Å². The number of likely N-dealkylation sites (tertiary alicyclic amines) is 1. The van der Waals surface area contributed by atoms with E-state index in [4.69, 9.17) is 17.3 Å². The van der Waals surface area contributed by atoms with Crippen LogP contribution in [-0.4, -0.2) is 41.0 Å². The predicted octanol–water partition coefficient (Wildman–Crippen LogP) is 0.438. The maximum Gasteiger partial charge on any atom is 0.150 e. The minimum Gasteiger partial charge on any atom is -0.382 e. The van der Waals surface area contributed by atoms with E-state index < -0.39 is 0 Å². The molecule has 0 aromatic carbocycles. The number of likely N-dealkylation sites (N-methyl/N-ethyl adjacent to an activating group) is 1. The average molecular weight is 214 g/mol. The summed E-state index contributed by atoms with van der Waals surface area (Å²) in [6.07, 6.45) is 1.41. The molecule has 76 valence electrons. The van der Waals surface area contributed by atoms with E-state index in [1.165, 1.54) is 6.33 Å². The zero-order chi connectivity index (χ0) is 10.1. The number of anilines is 2. The van der Waals surface area contributed by atoms with Gasteiger partial charge < -0.3 is 16.0 Å². The zero-order valence-corrected chi connectivity index (χ0v) is 8.62. The molecular weight excluding hydrogens is 202 g/mol. The van der Waals surface area contributed by atoms with Crippen LogP contribution >= 0.6 is 11.6 Å². The van der Waals surface area contributed by atoms with Crippen molar-refractivity contribution in [1.29, 1.82) is 0 Å². The van der Waals surface area contributed by atoms with Crippen molar-refractivity contribution in [1.82, 2.24) is 14.9 Å². The Morgan fingerprint density at radius 2 is 2.29 bits per heavy atom. The van der Waals surface area contributed by atoms with Gasteiger partial charge in [0.25, 0.3) is 0 Å². The van der Waals surface area contributed by atoms with Gasteiger partial charge in [0.1, 0.15) is 17.2 Å². The van der Waals surface area contributed by atoms with E-state index in [9.17, 15) is 0 Å². The van der Waals surface area contributed by atoms with Crippen molar-refractivity contribution in [3.8, 4) is 0 Å². The quantitative estimate of drug-likeness (QED) is 0.746. The first-order valence-corrected chi connectivity index (χ1v) is 4.75. The maximum atomic E-state index is 5.93. The molecule has 1 aliphatic heterocycles. The zero-order valence-electron chi connectivity index (χ0n) is 7.87. The van der Waals surface area contributed by atoms with Crippen LogP contribution in [0.2, 0.25) is 5.02 Å². The molecule has 0 radical (unpaired) electrons. The molecule has 3 N–H and O–H groups in total. The summed E-state index contributed by atoms with van der Waals surface area (Å²) in [6, 6.07) is 0.409. The molecule has 0 unspecified atom stereocenters. The van der Waals surface area contributed by atoms with Gasteiger partial charge in [-0.25, -0.2) is 9.97 Å². The summed E-state index contributed by atoms with van der Waals surface area (Å²) in [5, 5.41) is 3.62. The molecule has 0 saturated carbocycles. The third kappa shape index (κ3) is 1.73. The number of hydrogen-bond acceptors (Lipinski definition) is 5. The summed E-state index contributed by atoms with van der Waals surface area (Å²) in [7, 11) is 2.06. The molecule has 1 aliphatic rings. The fourth-order valence-electron chi connectivity index (χ4n) is 1.47. The first-order valence-electron chi connectivity index (χ1n) is 4.38. The number of rotatable bonds is 2. The van der Waals surface area contributed by atoms with Gasteiger partial charge in [0.2, 0.25) is 0 Å². The Labute approximate surface area is 87.3 Å². The Morgan fingerprint density at radius 3 is 2.93 bits per heavy atom. The van der Waals surface area contributed by atoms with Gasteiger partial charge in [-0.1, -0.05) is 11.6 Å². The van der Waals surface area contributed by atoms with Crippen LogP contribution < -0.4 is 11.1 Å². The number of nitrogens with zero attached hydrogens (tertiary/aromatic N) is 3. The second-order valence-electron chi connectivity index (χ2n) is 3.48. The van der Waals surface area contributed by atoms with Gasteiger partial charge >= 0.3 is 0 Å². The van der Waals surface area contributed by atoms with Crippen LogP contribution in [0.5, 0.6) is 0 Å². The van der Waals surface area contributed by atoms with Crippen LogP contribution in [-0.2, 0) is 0 Å². The van der Waals surface area contributed by atoms with Crippen molar-refractivity contribution in [2.75, 3.05) is 31.2 Å². The molecular formula is C8H12ClN5. The van der Waals surface area contributed by atoms with Crippen molar-refractivity contribution in [3.05, 3.63) is 11.3 Å². The fourth-order valence-corrected chi connectivity index (χ4v) is 1.62. The second-order valence-corrected chi connectivity index (χ2v) is 3.86. The number of halogens is 1. The Bertz CT molecular complexity index is 337. The molecule has 1 saturated heterocycles. The molecule has 2 heterocycles. The molecule has 1 aromatic heterocycles.